The Bertz CT molecular complexity index is 730. The molecule has 2 aromatic rings. The van der Waals surface area contributed by atoms with Gasteiger partial charge < -0.3 is 24.7 Å². The fourth-order valence-corrected chi connectivity index (χ4v) is 2.58. The number of rotatable bonds is 11. The van der Waals surface area contributed by atoms with Gasteiger partial charge in [-0.3, -0.25) is 4.79 Å². The SMILES string of the molecule is CC(OCCCNC(=NCC(=O)N(C)C)NCCc1ccco1)c1ccccc1. The number of nitrogens with one attached hydrogen (secondary N) is 2. The van der Waals surface area contributed by atoms with Crippen molar-refractivity contribution in [2.45, 2.75) is 25.9 Å². The van der Waals surface area contributed by atoms with E-state index in [1.807, 2.05) is 30.3 Å². The Balaban J connectivity index is 1.73. The molecule has 0 aliphatic rings. The Morgan fingerprint density at radius 3 is 2.59 bits per heavy atom. The number of furan rings is 1. The number of aliphatic imine (C=N–C) groups is 1. The average Bonchev–Trinajstić information content (AvgIpc) is 3.24. The lowest BCUT2D eigenvalue weighted by Crippen LogP contribution is -2.40. The maximum absolute atomic E-state index is 11.8. The molecule has 0 aliphatic carbocycles. The molecular weight excluding hydrogens is 368 g/mol. The van der Waals surface area contributed by atoms with Crippen molar-refractivity contribution in [3.8, 4) is 0 Å². The normalized spacial score (nSPS) is 12.4. The van der Waals surface area contributed by atoms with Crippen LogP contribution < -0.4 is 10.6 Å². The first-order valence-corrected chi connectivity index (χ1v) is 9.97. The third-order valence-electron chi connectivity index (χ3n) is 4.37. The fraction of sp³-hybridized carbons (Fsp3) is 0.455. The van der Waals surface area contributed by atoms with Gasteiger partial charge in [0.15, 0.2) is 5.96 Å². The molecule has 1 unspecified atom stereocenters. The minimum Gasteiger partial charge on any atom is -0.469 e. The lowest BCUT2D eigenvalue weighted by Gasteiger charge is -2.15. The third kappa shape index (κ3) is 8.83. The number of hydrogen-bond donors (Lipinski definition) is 2. The predicted molar refractivity (Wildman–Crippen MR) is 115 cm³/mol. The molecule has 7 nitrogen and oxygen atoms in total. The van der Waals surface area contributed by atoms with E-state index in [-0.39, 0.29) is 18.6 Å². The van der Waals surface area contributed by atoms with Crippen LogP contribution in [0.4, 0.5) is 0 Å². The summed E-state index contributed by atoms with van der Waals surface area (Å²) in [5.41, 5.74) is 1.17. The molecule has 0 fully saturated rings. The molecule has 158 valence electrons. The third-order valence-corrected chi connectivity index (χ3v) is 4.37. The summed E-state index contributed by atoms with van der Waals surface area (Å²) in [5, 5.41) is 6.51. The summed E-state index contributed by atoms with van der Waals surface area (Å²) in [4.78, 5) is 17.7. The lowest BCUT2D eigenvalue weighted by molar-refractivity contribution is -0.127. The summed E-state index contributed by atoms with van der Waals surface area (Å²) >= 11 is 0. The van der Waals surface area contributed by atoms with E-state index in [1.165, 1.54) is 10.5 Å². The number of guanidine groups is 1. The van der Waals surface area contributed by atoms with Crippen molar-refractivity contribution in [2.24, 2.45) is 4.99 Å². The number of nitrogens with zero attached hydrogens (tertiary/aromatic N) is 2. The standard InChI is InChI=1S/C22H32N4O3/c1-18(19-9-5-4-6-10-19)28-16-8-13-23-22(25-17-21(27)26(2)3)24-14-12-20-11-7-15-29-20/h4-7,9-11,15,18H,8,12-14,16-17H2,1-3H3,(H2,23,24,25). The Morgan fingerprint density at radius 2 is 1.90 bits per heavy atom. The minimum absolute atomic E-state index is 0.0443. The molecular formula is C22H32N4O3. The molecule has 7 heteroatoms. The number of carbonyl (C=O) groups excluding carboxylic acids is 1. The highest BCUT2D eigenvalue weighted by molar-refractivity contribution is 5.84. The summed E-state index contributed by atoms with van der Waals surface area (Å²) in [5.74, 6) is 1.48. The van der Waals surface area contributed by atoms with Gasteiger partial charge >= 0.3 is 0 Å². The molecule has 1 aromatic heterocycles. The summed E-state index contributed by atoms with van der Waals surface area (Å²) in [6.07, 6.45) is 3.30. The van der Waals surface area contributed by atoms with Crippen molar-refractivity contribution >= 4 is 11.9 Å². The van der Waals surface area contributed by atoms with Crippen LogP contribution in [-0.2, 0) is 16.0 Å². The van der Waals surface area contributed by atoms with Gasteiger partial charge in [-0.25, -0.2) is 4.99 Å². The molecule has 2 rings (SSSR count). The Labute approximate surface area is 173 Å². The van der Waals surface area contributed by atoms with Crippen LogP contribution in [-0.4, -0.2) is 57.1 Å². The number of amides is 1. The van der Waals surface area contributed by atoms with Gasteiger partial charge in [0.1, 0.15) is 12.3 Å². The van der Waals surface area contributed by atoms with E-state index in [9.17, 15) is 4.79 Å². The highest BCUT2D eigenvalue weighted by atomic mass is 16.5. The smallest absolute Gasteiger partial charge is 0.243 e. The van der Waals surface area contributed by atoms with Gasteiger partial charge in [0, 0.05) is 40.2 Å². The van der Waals surface area contributed by atoms with Crippen LogP contribution in [0.15, 0.2) is 58.1 Å². The van der Waals surface area contributed by atoms with E-state index in [0.717, 1.165) is 18.6 Å². The number of likely N-dealkylation sites (N-methyl/N-ethyl adjacent to an activating group) is 1. The lowest BCUT2D eigenvalue weighted by atomic mass is 10.1. The number of hydrogen-bond acceptors (Lipinski definition) is 4. The summed E-state index contributed by atoms with van der Waals surface area (Å²) in [7, 11) is 3.45. The van der Waals surface area contributed by atoms with Crippen LogP contribution in [0.3, 0.4) is 0 Å². The van der Waals surface area contributed by atoms with Gasteiger partial charge in [-0.05, 0) is 31.0 Å². The topological polar surface area (TPSA) is 79.1 Å². The molecule has 0 saturated heterocycles. The van der Waals surface area contributed by atoms with E-state index in [0.29, 0.717) is 25.7 Å². The van der Waals surface area contributed by atoms with Crippen molar-refractivity contribution in [3.63, 3.8) is 0 Å². The fourth-order valence-electron chi connectivity index (χ4n) is 2.58. The molecule has 1 aromatic carbocycles. The van der Waals surface area contributed by atoms with E-state index in [1.54, 1.807) is 20.4 Å². The second-order valence-electron chi connectivity index (χ2n) is 6.91. The molecule has 2 N–H and O–H groups in total. The van der Waals surface area contributed by atoms with Crippen molar-refractivity contribution in [3.05, 3.63) is 60.1 Å². The zero-order valence-electron chi connectivity index (χ0n) is 17.6. The van der Waals surface area contributed by atoms with Crippen molar-refractivity contribution in [1.29, 1.82) is 0 Å². The van der Waals surface area contributed by atoms with Crippen LogP contribution in [0.25, 0.3) is 0 Å². The van der Waals surface area contributed by atoms with Gasteiger partial charge in [-0.15, -0.1) is 0 Å². The van der Waals surface area contributed by atoms with Gasteiger partial charge in [-0.1, -0.05) is 30.3 Å². The molecule has 1 amide bonds. The maximum atomic E-state index is 11.8. The van der Waals surface area contributed by atoms with Gasteiger partial charge in [0.05, 0.1) is 12.4 Å². The Morgan fingerprint density at radius 1 is 1.14 bits per heavy atom. The van der Waals surface area contributed by atoms with Gasteiger partial charge in [0.25, 0.3) is 0 Å². The van der Waals surface area contributed by atoms with Crippen LogP contribution in [0.5, 0.6) is 0 Å². The second kappa shape index (κ2) is 12.6. The largest absolute Gasteiger partial charge is 0.469 e. The molecule has 1 atom stereocenters. The van der Waals surface area contributed by atoms with Crippen molar-refractivity contribution in [1.82, 2.24) is 15.5 Å². The maximum Gasteiger partial charge on any atom is 0.243 e. The number of carbonyl (C=O) groups is 1. The zero-order chi connectivity index (χ0) is 20.9. The molecule has 0 radical (unpaired) electrons. The molecule has 0 spiro atoms. The summed E-state index contributed by atoms with van der Waals surface area (Å²) in [6.45, 7) is 4.16. The van der Waals surface area contributed by atoms with Crippen LogP contribution >= 0.6 is 0 Å². The summed E-state index contributed by atoms with van der Waals surface area (Å²) < 4.78 is 11.2. The first-order valence-electron chi connectivity index (χ1n) is 9.97. The molecule has 1 heterocycles. The highest BCUT2D eigenvalue weighted by Gasteiger charge is 2.06. The summed E-state index contributed by atoms with van der Waals surface area (Å²) in [6, 6.07) is 14.0. The van der Waals surface area contributed by atoms with Crippen LogP contribution in [0, 0.1) is 0 Å². The molecule has 0 bridgehead atoms. The van der Waals surface area contributed by atoms with Crippen molar-refractivity contribution < 1.29 is 13.9 Å². The highest BCUT2D eigenvalue weighted by Crippen LogP contribution is 2.15. The quantitative estimate of drug-likeness (QED) is 0.344. The molecule has 29 heavy (non-hydrogen) atoms. The number of ether oxygens (including phenoxy) is 1. The van der Waals surface area contributed by atoms with Crippen LogP contribution in [0.2, 0.25) is 0 Å². The van der Waals surface area contributed by atoms with E-state index in [2.05, 4.69) is 34.7 Å². The van der Waals surface area contributed by atoms with E-state index < -0.39 is 0 Å². The van der Waals surface area contributed by atoms with Crippen molar-refractivity contribution in [2.75, 3.05) is 40.3 Å². The zero-order valence-corrected chi connectivity index (χ0v) is 17.6. The van der Waals surface area contributed by atoms with Crippen LogP contribution in [0.1, 0.15) is 30.8 Å². The number of benzene rings is 1. The monoisotopic (exact) mass is 400 g/mol. The Hall–Kier alpha value is -2.80. The van der Waals surface area contributed by atoms with E-state index in [4.69, 9.17) is 9.15 Å². The van der Waals surface area contributed by atoms with Gasteiger partial charge in [0.2, 0.25) is 5.91 Å². The molecule has 0 saturated carbocycles. The van der Waals surface area contributed by atoms with Gasteiger partial charge in [-0.2, -0.15) is 0 Å². The first kappa shape index (κ1) is 22.5. The van der Waals surface area contributed by atoms with E-state index >= 15 is 0 Å². The minimum atomic E-state index is -0.0443. The second-order valence-corrected chi connectivity index (χ2v) is 6.91. The predicted octanol–water partition coefficient (Wildman–Crippen LogP) is 2.61. The Kier molecular flexibility index (Phi) is 9.78. The molecule has 0 aliphatic heterocycles. The average molecular weight is 401 g/mol. The first-order chi connectivity index (χ1) is 14.1.